The van der Waals surface area contributed by atoms with E-state index in [9.17, 15) is 13.2 Å². The smallest absolute Gasteiger partial charge is 0.264 e. The number of rotatable bonds is 9. The van der Waals surface area contributed by atoms with Crippen LogP contribution in [0.4, 0.5) is 5.69 Å². The first-order valence-corrected chi connectivity index (χ1v) is 13.9. The van der Waals surface area contributed by atoms with Crippen LogP contribution in [0.25, 0.3) is 0 Å². The van der Waals surface area contributed by atoms with Gasteiger partial charge in [0, 0.05) is 0 Å². The van der Waals surface area contributed by atoms with Crippen LogP contribution in [0.5, 0.6) is 5.75 Å². The second-order valence-corrected chi connectivity index (χ2v) is 11.9. The third kappa shape index (κ3) is 6.34. The Hall–Kier alpha value is -3.32. The molecule has 0 aromatic heterocycles. The summed E-state index contributed by atoms with van der Waals surface area (Å²) in [7, 11) is -2.32. The van der Waals surface area contributed by atoms with E-state index in [2.05, 4.69) is 25.2 Å². The molecule has 0 aliphatic heterocycles. The number of benzene rings is 3. The molecule has 0 aliphatic carbocycles. The van der Waals surface area contributed by atoms with Gasteiger partial charge in [-0.3, -0.25) is 9.10 Å². The fourth-order valence-corrected chi connectivity index (χ4v) is 5.75. The molecule has 1 atom stereocenters. The minimum absolute atomic E-state index is 0.143. The second-order valence-electron chi connectivity index (χ2n) is 9.99. The van der Waals surface area contributed by atoms with Gasteiger partial charge >= 0.3 is 0 Å². The molecule has 0 saturated heterocycles. The second kappa shape index (κ2) is 11.4. The van der Waals surface area contributed by atoms with Gasteiger partial charge in [-0.15, -0.1) is 0 Å². The quantitative estimate of drug-likeness (QED) is 0.367. The fourth-order valence-electron chi connectivity index (χ4n) is 4.34. The van der Waals surface area contributed by atoms with Crippen LogP contribution >= 0.6 is 0 Å². The lowest BCUT2D eigenvalue weighted by molar-refractivity contribution is -0.120. The van der Waals surface area contributed by atoms with Crippen molar-refractivity contribution in [3.05, 3.63) is 88.0 Å². The summed E-state index contributed by atoms with van der Waals surface area (Å²) in [6.45, 7) is 13.5. The van der Waals surface area contributed by atoms with Crippen LogP contribution in [0.2, 0.25) is 0 Å². The largest absolute Gasteiger partial charge is 0.496 e. The molecule has 3 aromatic carbocycles. The average molecular weight is 523 g/mol. The molecular weight excluding hydrogens is 484 g/mol. The average Bonchev–Trinajstić information content (AvgIpc) is 2.84. The number of carbonyl (C=O) groups is 1. The molecule has 37 heavy (non-hydrogen) atoms. The maximum atomic E-state index is 13.7. The molecule has 7 heteroatoms. The van der Waals surface area contributed by atoms with Gasteiger partial charge in [0.25, 0.3) is 10.0 Å². The van der Waals surface area contributed by atoms with Crippen molar-refractivity contribution in [2.75, 3.05) is 18.0 Å². The van der Waals surface area contributed by atoms with Crippen LogP contribution in [-0.2, 0) is 14.8 Å². The Balaban J connectivity index is 1.94. The predicted octanol–water partition coefficient (Wildman–Crippen LogP) is 6.12. The van der Waals surface area contributed by atoms with Crippen molar-refractivity contribution in [1.29, 1.82) is 0 Å². The minimum atomic E-state index is -3.98. The van der Waals surface area contributed by atoms with E-state index in [-0.39, 0.29) is 29.3 Å². The number of hydrogen-bond acceptors (Lipinski definition) is 4. The van der Waals surface area contributed by atoms with Gasteiger partial charge < -0.3 is 10.1 Å². The topological polar surface area (TPSA) is 75.7 Å². The molecule has 0 heterocycles. The van der Waals surface area contributed by atoms with Crippen LogP contribution in [0.15, 0.2) is 59.5 Å². The van der Waals surface area contributed by atoms with Crippen molar-refractivity contribution in [1.82, 2.24) is 5.32 Å². The highest BCUT2D eigenvalue weighted by molar-refractivity contribution is 7.92. The van der Waals surface area contributed by atoms with E-state index < -0.39 is 10.0 Å². The standard InChI is InChI=1S/C30H38N2O4S/c1-19(2)27-17-28(23(6)16-29(27)36-8)24(7)31-30(33)18-32(25-12-11-21(4)22(5)15-25)37(34,35)26-13-9-20(3)10-14-26/h9-17,19,24H,18H2,1-8H3,(H,31,33)/t24-/m1/s1. The molecule has 0 fully saturated rings. The zero-order valence-corrected chi connectivity index (χ0v) is 23.9. The van der Waals surface area contributed by atoms with Crippen molar-refractivity contribution in [2.24, 2.45) is 0 Å². The Morgan fingerprint density at radius 1 is 0.865 bits per heavy atom. The first-order valence-electron chi connectivity index (χ1n) is 12.5. The number of anilines is 1. The first-order chi connectivity index (χ1) is 17.3. The molecule has 0 aliphatic rings. The number of methoxy groups -OCH3 is 1. The van der Waals surface area contributed by atoms with E-state index in [4.69, 9.17) is 4.74 Å². The van der Waals surface area contributed by atoms with Crippen LogP contribution in [0.1, 0.15) is 66.1 Å². The molecule has 0 saturated carbocycles. The van der Waals surface area contributed by atoms with Gasteiger partial charge in [0.15, 0.2) is 0 Å². The Kier molecular flexibility index (Phi) is 8.69. The van der Waals surface area contributed by atoms with Crippen LogP contribution < -0.4 is 14.4 Å². The van der Waals surface area contributed by atoms with E-state index in [1.807, 2.05) is 46.8 Å². The highest BCUT2D eigenvalue weighted by Gasteiger charge is 2.28. The van der Waals surface area contributed by atoms with Gasteiger partial charge in [0.2, 0.25) is 5.91 Å². The summed E-state index contributed by atoms with van der Waals surface area (Å²) in [5, 5.41) is 3.01. The lowest BCUT2D eigenvalue weighted by Crippen LogP contribution is -2.41. The maximum absolute atomic E-state index is 13.7. The molecule has 6 nitrogen and oxygen atoms in total. The van der Waals surface area contributed by atoms with Crippen molar-refractivity contribution < 1.29 is 17.9 Å². The maximum Gasteiger partial charge on any atom is 0.264 e. The minimum Gasteiger partial charge on any atom is -0.496 e. The van der Waals surface area contributed by atoms with Gasteiger partial charge in [0.1, 0.15) is 12.3 Å². The van der Waals surface area contributed by atoms with Gasteiger partial charge in [-0.1, -0.05) is 37.6 Å². The molecule has 0 bridgehead atoms. The molecule has 1 amide bonds. The first kappa shape index (κ1) is 28.3. The Morgan fingerprint density at radius 2 is 1.51 bits per heavy atom. The molecular formula is C30H38N2O4S. The Morgan fingerprint density at radius 3 is 2.08 bits per heavy atom. The normalized spacial score (nSPS) is 12.4. The number of sulfonamides is 1. The van der Waals surface area contributed by atoms with Crippen LogP contribution in [0, 0.1) is 27.7 Å². The number of carbonyl (C=O) groups excluding carboxylic acids is 1. The lowest BCUT2D eigenvalue weighted by Gasteiger charge is -2.26. The van der Waals surface area contributed by atoms with E-state index >= 15 is 0 Å². The third-order valence-corrected chi connectivity index (χ3v) is 8.55. The lowest BCUT2D eigenvalue weighted by atomic mass is 9.93. The third-order valence-electron chi connectivity index (χ3n) is 6.76. The summed E-state index contributed by atoms with van der Waals surface area (Å²) in [5.41, 5.74) is 6.43. The van der Waals surface area contributed by atoms with Gasteiger partial charge in [-0.25, -0.2) is 8.42 Å². The highest BCUT2D eigenvalue weighted by Crippen LogP contribution is 2.32. The summed E-state index contributed by atoms with van der Waals surface area (Å²) < 4.78 is 34.2. The van der Waals surface area contributed by atoms with E-state index in [0.717, 1.165) is 39.1 Å². The summed E-state index contributed by atoms with van der Waals surface area (Å²) in [6.07, 6.45) is 0. The number of nitrogens with zero attached hydrogens (tertiary/aromatic N) is 1. The van der Waals surface area contributed by atoms with E-state index in [1.54, 1.807) is 43.5 Å². The van der Waals surface area contributed by atoms with Crippen molar-refractivity contribution in [3.63, 3.8) is 0 Å². The SMILES string of the molecule is COc1cc(C)c([C@@H](C)NC(=O)CN(c2ccc(C)c(C)c2)S(=O)(=O)c2ccc(C)cc2)cc1C(C)C. The Bertz CT molecular complexity index is 1380. The number of ether oxygens (including phenoxy) is 1. The predicted molar refractivity (Wildman–Crippen MR) is 150 cm³/mol. The van der Waals surface area contributed by atoms with Gasteiger partial charge in [-0.05, 0) is 105 Å². The van der Waals surface area contributed by atoms with Gasteiger partial charge in [-0.2, -0.15) is 0 Å². The van der Waals surface area contributed by atoms with Gasteiger partial charge in [0.05, 0.1) is 23.7 Å². The van der Waals surface area contributed by atoms with Crippen molar-refractivity contribution in [3.8, 4) is 5.75 Å². The van der Waals surface area contributed by atoms with E-state index in [0.29, 0.717) is 5.69 Å². The van der Waals surface area contributed by atoms with Crippen LogP contribution in [-0.4, -0.2) is 28.0 Å². The summed E-state index contributed by atoms with van der Waals surface area (Å²) in [6, 6.07) is 15.8. The molecule has 0 radical (unpaired) electrons. The number of nitrogens with one attached hydrogen (secondary N) is 1. The molecule has 0 spiro atoms. The highest BCUT2D eigenvalue weighted by atomic mass is 32.2. The van der Waals surface area contributed by atoms with Crippen LogP contribution in [0.3, 0.4) is 0 Å². The number of aryl methyl sites for hydroxylation is 4. The number of amides is 1. The monoisotopic (exact) mass is 522 g/mol. The molecule has 3 rings (SSSR count). The number of hydrogen-bond donors (Lipinski definition) is 1. The zero-order chi connectivity index (χ0) is 27.5. The molecule has 3 aromatic rings. The van der Waals surface area contributed by atoms with Crippen molar-refractivity contribution in [2.45, 2.75) is 65.3 Å². The molecule has 198 valence electrons. The molecule has 0 unspecified atom stereocenters. The zero-order valence-electron chi connectivity index (χ0n) is 23.0. The summed E-state index contributed by atoms with van der Waals surface area (Å²) in [4.78, 5) is 13.4. The van der Waals surface area contributed by atoms with E-state index in [1.165, 1.54) is 4.31 Å². The van der Waals surface area contributed by atoms with Crippen molar-refractivity contribution >= 4 is 21.6 Å². The molecule has 1 N–H and O–H groups in total. The fraction of sp³-hybridized carbons (Fsp3) is 0.367. The summed E-state index contributed by atoms with van der Waals surface area (Å²) >= 11 is 0. The Labute approximate surface area is 221 Å². The summed E-state index contributed by atoms with van der Waals surface area (Å²) in [5.74, 6) is 0.680.